The maximum absolute atomic E-state index is 14.5. The van der Waals surface area contributed by atoms with Gasteiger partial charge in [-0.15, -0.1) is 0 Å². The van der Waals surface area contributed by atoms with E-state index in [-0.39, 0.29) is 55.9 Å². The molecule has 1 N–H and O–H groups in total. The number of ketones is 1. The Balaban J connectivity index is 0.994. The van der Waals surface area contributed by atoms with Crippen LogP contribution < -0.4 is 29.3 Å². The number of ether oxygens (including phenoxy) is 7. The van der Waals surface area contributed by atoms with Crippen molar-refractivity contribution < 1.29 is 57.2 Å². The smallest absolute Gasteiger partial charge is 0.309 e. The number of rotatable bonds is 29. The number of hydrogen-bond donors (Lipinski definition) is 1. The van der Waals surface area contributed by atoms with Crippen LogP contribution in [0.25, 0.3) is 0 Å². The van der Waals surface area contributed by atoms with Crippen molar-refractivity contribution in [3.05, 3.63) is 141 Å². The number of esters is 1. The molecule has 5 aromatic rings. The minimum absolute atomic E-state index is 0.00159. The van der Waals surface area contributed by atoms with Crippen molar-refractivity contribution in [3.63, 3.8) is 0 Å². The van der Waals surface area contributed by atoms with Gasteiger partial charge in [0, 0.05) is 94.4 Å². The lowest BCUT2D eigenvalue weighted by Gasteiger charge is -2.36. The lowest BCUT2D eigenvalue weighted by molar-refractivity contribution is -0.146. The minimum atomic E-state index is -0.673. The zero-order chi connectivity index (χ0) is 60.0. The number of benzene rings is 5. The molecule has 9 rings (SSSR count). The van der Waals surface area contributed by atoms with Gasteiger partial charge in [0.2, 0.25) is 0 Å². The first-order valence-corrected chi connectivity index (χ1v) is 31.3. The highest BCUT2D eigenvalue weighted by molar-refractivity contribution is 8.77. The van der Waals surface area contributed by atoms with Crippen LogP contribution >= 0.6 is 21.6 Å². The van der Waals surface area contributed by atoms with Crippen LogP contribution in [0.15, 0.2) is 96.2 Å². The van der Waals surface area contributed by atoms with Crippen LogP contribution in [0.1, 0.15) is 86.9 Å². The van der Waals surface area contributed by atoms with Gasteiger partial charge >= 0.3 is 5.97 Å². The standard InChI is InChI=1S/C65H80N6O12S2/c1-9-67-83-40-54(72)30-50(64(75)78-8)41-84-85-65(3,4)42-69(18-19-79-22-23-80-21-20-76-6)51-26-44(38-81-59-32-57-55(24-43(59)2)62(73)70-35-48-16-12-10-14-46(48)28-52(70)34-66-57)25-45(27-51)39-82-61-33-58-56(31-60(61)77-7)63(74)71-36-49-17-13-11-15-47(49)29-53(71)37-68(58)5/h9-17,24-27,31-33,50,52-53,66H,18-23,28-30,34-42H2,1-8H3/t50?,52-,53?/m0/s1. The number of Topliss-reactive ketones (excluding diaryl/α,β-unsaturated/α-hetero) is 1. The first-order chi connectivity index (χ1) is 41.1. The van der Waals surface area contributed by atoms with Gasteiger partial charge in [-0.25, -0.2) is 0 Å². The molecular formula is C65H80N6O12S2. The van der Waals surface area contributed by atoms with Crippen molar-refractivity contribution in [2.24, 2.45) is 11.1 Å². The number of fused-ring (bicyclic) bond motifs is 6. The van der Waals surface area contributed by atoms with Crippen molar-refractivity contribution in [1.29, 1.82) is 0 Å². The Bertz CT molecular complexity index is 3200. The predicted molar refractivity (Wildman–Crippen MR) is 334 cm³/mol. The lowest BCUT2D eigenvalue weighted by atomic mass is 9.93. The lowest BCUT2D eigenvalue weighted by Crippen LogP contribution is -2.47. The van der Waals surface area contributed by atoms with Crippen LogP contribution in [0, 0.1) is 12.8 Å². The second-order valence-electron chi connectivity index (χ2n) is 22.5. The van der Waals surface area contributed by atoms with Crippen molar-refractivity contribution >= 4 is 68.4 Å². The van der Waals surface area contributed by atoms with Crippen molar-refractivity contribution in [2.45, 2.75) is 90.1 Å². The average molecular weight is 1200 g/mol. The molecule has 4 aliphatic heterocycles. The summed E-state index contributed by atoms with van der Waals surface area (Å²) in [4.78, 5) is 68.0. The summed E-state index contributed by atoms with van der Waals surface area (Å²) in [7, 11) is 9.72. The number of methoxy groups -OCH3 is 3. The highest BCUT2D eigenvalue weighted by atomic mass is 33.1. The molecule has 85 heavy (non-hydrogen) atoms. The van der Waals surface area contributed by atoms with Gasteiger partial charge in [-0.2, -0.15) is 0 Å². The first-order valence-electron chi connectivity index (χ1n) is 29.0. The fourth-order valence-corrected chi connectivity index (χ4v) is 14.3. The molecule has 2 amide bonds. The van der Waals surface area contributed by atoms with Crippen LogP contribution in [0.2, 0.25) is 0 Å². The number of aryl methyl sites for hydroxylation is 1. The molecule has 18 nitrogen and oxygen atoms in total. The largest absolute Gasteiger partial charge is 0.493 e. The summed E-state index contributed by atoms with van der Waals surface area (Å²) in [5.74, 6) is 0.510. The minimum Gasteiger partial charge on any atom is -0.493 e. The molecule has 0 radical (unpaired) electrons. The van der Waals surface area contributed by atoms with E-state index in [1.807, 2.05) is 60.2 Å². The van der Waals surface area contributed by atoms with E-state index in [2.05, 4.69) is 88.7 Å². The Labute approximate surface area is 507 Å². The van der Waals surface area contributed by atoms with E-state index in [1.54, 1.807) is 31.9 Å². The normalized spacial score (nSPS) is 16.6. The topological polar surface area (TPSA) is 179 Å². The second kappa shape index (κ2) is 29.4. The van der Waals surface area contributed by atoms with Gasteiger partial charge in [-0.1, -0.05) is 75.3 Å². The van der Waals surface area contributed by atoms with Gasteiger partial charge in [-0.05, 0) is 110 Å². The summed E-state index contributed by atoms with van der Waals surface area (Å²) in [5.41, 5.74) is 11.0. The molecule has 0 aromatic heterocycles. The third-order valence-corrected chi connectivity index (χ3v) is 19.1. The third-order valence-electron chi connectivity index (χ3n) is 15.8. The summed E-state index contributed by atoms with van der Waals surface area (Å²) in [5, 5.41) is 7.28. The first kappa shape index (κ1) is 62.6. The van der Waals surface area contributed by atoms with E-state index < -0.39 is 16.6 Å². The molecule has 0 bridgehead atoms. The number of nitrogens with one attached hydrogen (secondary N) is 1. The molecule has 20 heteroatoms. The monoisotopic (exact) mass is 1200 g/mol. The number of carbonyl (C=O) groups is 4. The molecule has 0 saturated carbocycles. The SMILES string of the molecule is CC=NOCC(=O)CC(CSSC(C)(C)CN(CCOCCOCCOC)c1cc(COc2cc3c(cc2C)C(=O)N2Cc4ccccc4C[C@H]2CN3)cc(COc2cc3c(cc2OC)C(=O)N2Cc4ccccc4CC2CN3C)c1)C(=O)OC. The summed E-state index contributed by atoms with van der Waals surface area (Å²) < 4.78 is 41.3. The molecule has 0 fully saturated rings. The Morgan fingerprint density at radius 3 is 2.08 bits per heavy atom. The zero-order valence-electron chi connectivity index (χ0n) is 50.1. The maximum atomic E-state index is 14.5. The van der Waals surface area contributed by atoms with E-state index in [9.17, 15) is 19.2 Å². The van der Waals surface area contributed by atoms with Crippen LogP contribution in [0.4, 0.5) is 17.1 Å². The van der Waals surface area contributed by atoms with Gasteiger partial charge in [0.25, 0.3) is 11.8 Å². The number of carbonyl (C=O) groups excluding carboxylic acids is 4. The molecule has 4 aliphatic rings. The maximum Gasteiger partial charge on any atom is 0.309 e. The number of likely N-dealkylation sites (N-methyl/N-ethyl adjacent to an activating group) is 1. The van der Waals surface area contributed by atoms with Gasteiger partial charge < -0.3 is 62.9 Å². The Morgan fingerprint density at radius 1 is 0.776 bits per heavy atom. The van der Waals surface area contributed by atoms with Crippen molar-refractivity contribution in [2.75, 3.05) is 115 Å². The zero-order valence-corrected chi connectivity index (χ0v) is 51.8. The Kier molecular flexibility index (Phi) is 21.7. The highest BCUT2D eigenvalue weighted by Gasteiger charge is 2.38. The van der Waals surface area contributed by atoms with Gasteiger partial charge in [-0.3, -0.25) is 19.2 Å². The number of oxime groups is 1. The molecule has 3 atom stereocenters. The van der Waals surface area contributed by atoms with Crippen molar-refractivity contribution in [1.82, 2.24) is 9.80 Å². The molecule has 0 saturated heterocycles. The quantitative estimate of drug-likeness (QED) is 0.0157. The van der Waals surface area contributed by atoms with E-state index in [4.69, 9.17) is 38.0 Å². The van der Waals surface area contributed by atoms with Crippen LogP contribution in [0.3, 0.4) is 0 Å². The van der Waals surface area contributed by atoms with Gasteiger partial charge in [0.15, 0.2) is 23.9 Å². The van der Waals surface area contributed by atoms with Gasteiger partial charge in [0.05, 0.1) is 87.8 Å². The molecular weight excluding hydrogens is 1120 g/mol. The van der Waals surface area contributed by atoms with Gasteiger partial charge in [0.1, 0.15) is 19.0 Å². The van der Waals surface area contributed by atoms with Crippen molar-refractivity contribution in [3.8, 4) is 17.2 Å². The average Bonchev–Trinajstić information content (AvgIpc) is 3.51. The highest BCUT2D eigenvalue weighted by Crippen LogP contribution is 2.42. The van der Waals surface area contributed by atoms with Crippen LogP contribution in [-0.2, 0) is 72.5 Å². The summed E-state index contributed by atoms with van der Waals surface area (Å²) in [6, 6.07) is 30.7. The molecule has 0 spiro atoms. The fourth-order valence-electron chi connectivity index (χ4n) is 11.4. The molecule has 2 unspecified atom stereocenters. The predicted octanol–water partition coefficient (Wildman–Crippen LogP) is 9.59. The third kappa shape index (κ3) is 15.9. The molecule has 454 valence electrons. The van der Waals surface area contributed by atoms with E-state index >= 15 is 0 Å². The van der Waals surface area contributed by atoms with E-state index in [0.29, 0.717) is 106 Å². The summed E-state index contributed by atoms with van der Waals surface area (Å²) in [6.45, 7) is 13.6. The number of amides is 2. The van der Waals surface area contributed by atoms with E-state index in [0.717, 1.165) is 52.2 Å². The van der Waals surface area contributed by atoms with Crippen LogP contribution in [0.5, 0.6) is 17.2 Å². The molecule has 4 heterocycles. The van der Waals surface area contributed by atoms with E-state index in [1.165, 1.54) is 40.8 Å². The Hall–Kier alpha value is -6.97. The second-order valence-corrected chi connectivity index (χ2v) is 25.6. The summed E-state index contributed by atoms with van der Waals surface area (Å²) in [6.07, 6.45) is 2.97. The number of anilines is 3. The molecule has 0 aliphatic carbocycles. The summed E-state index contributed by atoms with van der Waals surface area (Å²) >= 11 is 0. The number of nitrogens with zero attached hydrogens (tertiary/aromatic N) is 5. The molecule has 5 aromatic carbocycles. The fraction of sp³-hybridized carbons (Fsp3) is 0.462. The number of hydrogen-bond acceptors (Lipinski definition) is 18. The van der Waals surface area contributed by atoms with Crippen LogP contribution in [-0.4, -0.2) is 156 Å². The Morgan fingerprint density at radius 2 is 1.41 bits per heavy atom.